The van der Waals surface area contributed by atoms with Gasteiger partial charge in [0.05, 0.1) is 0 Å². The number of anilines is 1. The first-order valence-electron chi connectivity index (χ1n) is 2.72. The number of nitrogens with zero attached hydrogens (tertiary/aromatic N) is 2. The van der Waals surface area contributed by atoms with Gasteiger partial charge in [-0.15, -0.1) is 0 Å². The van der Waals surface area contributed by atoms with Crippen molar-refractivity contribution in [3.05, 3.63) is 10.8 Å². The molecular weight excluding hydrogens is 182 g/mol. The minimum Gasteiger partial charge on any atom is -0.369 e. The summed E-state index contributed by atoms with van der Waals surface area (Å²) in [5, 5.41) is 0. The maximum atomic E-state index is 5.47. The van der Waals surface area contributed by atoms with Gasteiger partial charge in [-0.25, -0.2) is 4.98 Å². The van der Waals surface area contributed by atoms with Gasteiger partial charge in [0.2, 0.25) is 5.95 Å². The van der Waals surface area contributed by atoms with E-state index in [1.54, 1.807) is 0 Å². The molecule has 4 heteroatoms. The van der Waals surface area contributed by atoms with Crippen LogP contribution in [0.1, 0.15) is 6.92 Å². The summed E-state index contributed by atoms with van der Waals surface area (Å²) in [6.45, 7) is 2.88. The first-order chi connectivity index (χ1) is 4.24. The quantitative estimate of drug-likeness (QED) is 0.724. The topological polar surface area (TPSA) is 43.8 Å². The molecule has 0 aliphatic heterocycles. The van der Waals surface area contributed by atoms with E-state index in [1.807, 2.05) is 17.7 Å². The molecule has 3 nitrogen and oxygen atoms in total. The van der Waals surface area contributed by atoms with Gasteiger partial charge in [-0.1, -0.05) is 0 Å². The van der Waals surface area contributed by atoms with E-state index >= 15 is 0 Å². The number of hydrogen-bond donors (Lipinski definition) is 1. The fraction of sp³-hybridized carbons (Fsp3) is 0.400. The van der Waals surface area contributed by atoms with Gasteiger partial charge in [0.25, 0.3) is 0 Å². The molecule has 0 spiro atoms. The standard InChI is InChI=1S/C5H8BrN3/c1-2-9-3-4(6)8-5(9)7/h3H,2H2,1H3,(H2,7,8). The number of aryl methyl sites for hydroxylation is 1. The van der Waals surface area contributed by atoms with Gasteiger partial charge >= 0.3 is 0 Å². The van der Waals surface area contributed by atoms with Gasteiger partial charge < -0.3 is 10.3 Å². The Morgan fingerprint density at radius 3 is 2.78 bits per heavy atom. The summed E-state index contributed by atoms with van der Waals surface area (Å²) in [5.41, 5.74) is 5.47. The molecule has 2 N–H and O–H groups in total. The van der Waals surface area contributed by atoms with Crippen LogP contribution in [0.15, 0.2) is 10.8 Å². The van der Waals surface area contributed by atoms with Gasteiger partial charge in [-0.2, -0.15) is 0 Å². The van der Waals surface area contributed by atoms with Crippen LogP contribution in [0.2, 0.25) is 0 Å². The number of hydrogen-bond acceptors (Lipinski definition) is 2. The van der Waals surface area contributed by atoms with Crippen molar-refractivity contribution in [1.29, 1.82) is 0 Å². The van der Waals surface area contributed by atoms with Crippen LogP contribution in [0.5, 0.6) is 0 Å². The second-order valence-corrected chi connectivity index (χ2v) is 2.52. The van der Waals surface area contributed by atoms with Crippen molar-refractivity contribution in [2.24, 2.45) is 0 Å². The molecular formula is C5H8BrN3. The Kier molecular flexibility index (Phi) is 1.75. The number of aromatic nitrogens is 2. The van der Waals surface area contributed by atoms with Crippen LogP contribution in [0.3, 0.4) is 0 Å². The Morgan fingerprint density at radius 1 is 1.89 bits per heavy atom. The van der Waals surface area contributed by atoms with Gasteiger partial charge in [0, 0.05) is 12.7 Å². The normalized spacial score (nSPS) is 10.0. The van der Waals surface area contributed by atoms with E-state index in [0.29, 0.717) is 5.95 Å². The van der Waals surface area contributed by atoms with Crippen molar-refractivity contribution in [2.75, 3.05) is 5.73 Å². The molecule has 0 fully saturated rings. The van der Waals surface area contributed by atoms with Crippen LogP contribution in [0.25, 0.3) is 0 Å². The molecule has 0 unspecified atom stereocenters. The largest absolute Gasteiger partial charge is 0.369 e. The molecule has 0 amide bonds. The van der Waals surface area contributed by atoms with E-state index in [2.05, 4.69) is 20.9 Å². The van der Waals surface area contributed by atoms with Gasteiger partial charge in [-0.3, -0.25) is 0 Å². The van der Waals surface area contributed by atoms with Crippen LogP contribution in [-0.2, 0) is 6.54 Å². The van der Waals surface area contributed by atoms with E-state index in [9.17, 15) is 0 Å². The Balaban J connectivity index is 3.01. The van der Waals surface area contributed by atoms with E-state index in [-0.39, 0.29) is 0 Å². The maximum Gasteiger partial charge on any atom is 0.201 e. The number of nitrogen functional groups attached to an aromatic ring is 1. The van der Waals surface area contributed by atoms with Crippen LogP contribution >= 0.6 is 15.9 Å². The summed E-state index contributed by atoms with van der Waals surface area (Å²) in [5.74, 6) is 0.560. The van der Waals surface area contributed by atoms with Gasteiger partial charge in [0.1, 0.15) is 4.60 Å². The average Bonchev–Trinajstić information content (AvgIpc) is 2.10. The molecule has 0 bridgehead atoms. The summed E-state index contributed by atoms with van der Waals surface area (Å²) < 4.78 is 2.66. The first kappa shape index (κ1) is 6.61. The lowest BCUT2D eigenvalue weighted by Crippen LogP contribution is -1.98. The monoisotopic (exact) mass is 189 g/mol. The summed E-state index contributed by atoms with van der Waals surface area (Å²) >= 11 is 3.21. The Hall–Kier alpha value is -0.510. The molecule has 1 heterocycles. The molecule has 0 radical (unpaired) electrons. The summed E-state index contributed by atoms with van der Waals surface area (Å²) in [6.07, 6.45) is 1.86. The van der Waals surface area contributed by atoms with Gasteiger partial charge in [-0.05, 0) is 22.9 Å². The average molecular weight is 190 g/mol. The highest BCUT2D eigenvalue weighted by Gasteiger charge is 1.97. The molecule has 0 aliphatic carbocycles. The highest BCUT2D eigenvalue weighted by atomic mass is 79.9. The third-order valence-corrected chi connectivity index (χ3v) is 1.50. The minimum absolute atomic E-state index is 0.560. The predicted molar refractivity (Wildman–Crippen MR) is 40.0 cm³/mol. The number of rotatable bonds is 1. The van der Waals surface area contributed by atoms with E-state index in [1.165, 1.54) is 0 Å². The van der Waals surface area contributed by atoms with Crippen LogP contribution in [0, 0.1) is 0 Å². The molecule has 1 aromatic heterocycles. The Bertz CT molecular complexity index is 206. The summed E-state index contributed by atoms with van der Waals surface area (Å²) in [7, 11) is 0. The zero-order valence-corrected chi connectivity index (χ0v) is 6.72. The minimum atomic E-state index is 0.560. The van der Waals surface area contributed by atoms with Crippen molar-refractivity contribution in [2.45, 2.75) is 13.5 Å². The highest BCUT2D eigenvalue weighted by molar-refractivity contribution is 9.10. The second kappa shape index (κ2) is 2.39. The Labute approximate surface area is 62.0 Å². The molecule has 0 aromatic carbocycles. The number of nitrogens with two attached hydrogens (primary N) is 1. The summed E-state index contributed by atoms with van der Waals surface area (Å²) in [6, 6.07) is 0. The highest BCUT2D eigenvalue weighted by Crippen LogP contribution is 2.09. The SMILES string of the molecule is CCn1cc(Br)nc1N. The van der Waals surface area contributed by atoms with Crippen LogP contribution < -0.4 is 5.73 Å². The molecule has 0 atom stereocenters. The molecule has 0 saturated heterocycles. The third kappa shape index (κ3) is 1.24. The second-order valence-electron chi connectivity index (χ2n) is 1.71. The fourth-order valence-corrected chi connectivity index (χ4v) is 1.08. The van der Waals surface area contributed by atoms with E-state index in [4.69, 9.17) is 5.73 Å². The molecule has 0 saturated carbocycles. The zero-order chi connectivity index (χ0) is 6.85. The molecule has 1 rings (SSSR count). The molecule has 50 valence electrons. The molecule has 9 heavy (non-hydrogen) atoms. The molecule has 1 aromatic rings. The van der Waals surface area contributed by atoms with Crippen LogP contribution in [-0.4, -0.2) is 9.55 Å². The van der Waals surface area contributed by atoms with Crippen molar-refractivity contribution >= 4 is 21.9 Å². The van der Waals surface area contributed by atoms with Crippen molar-refractivity contribution in [1.82, 2.24) is 9.55 Å². The Morgan fingerprint density at radius 2 is 2.56 bits per heavy atom. The van der Waals surface area contributed by atoms with E-state index < -0.39 is 0 Å². The first-order valence-corrected chi connectivity index (χ1v) is 3.51. The van der Waals surface area contributed by atoms with Crippen LogP contribution in [0.4, 0.5) is 5.95 Å². The predicted octanol–water partition coefficient (Wildman–Crippen LogP) is 1.25. The summed E-state index contributed by atoms with van der Waals surface area (Å²) in [4.78, 5) is 3.94. The van der Waals surface area contributed by atoms with Crippen molar-refractivity contribution in [3.8, 4) is 0 Å². The van der Waals surface area contributed by atoms with Crippen molar-refractivity contribution in [3.63, 3.8) is 0 Å². The van der Waals surface area contributed by atoms with Crippen molar-refractivity contribution < 1.29 is 0 Å². The van der Waals surface area contributed by atoms with Gasteiger partial charge in [0.15, 0.2) is 0 Å². The zero-order valence-electron chi connectivity index (χ0n) is 5.13. The lowest BCUT2D eigenvalue weighted by atomic mass is 10.7. The van der Waals surface area contributed by atoms with E-state index in [0.717, 1.165) is 11.1 Å². The molecule has 0 aliphatic rings. The third-order valence-electron chi connectivity index (χ3n) is 1.12. The fourth-order valence-electron chi connectivity index (χ4n) is 0.651. The number of imidazole rings is 1. The number of halogens is 1. The lowest BCUT2D eigenvalue weighted by molar-refractivity contribution is 0.774. The smallest absolute Gasteiger partial charge is 0.201 e. The lowest BCUT2D eigenvalue weighted by Gasteiger charge is -1.94. The maximum absolute atomic E-state index is 5.47.